The second-order valence-electron chi connectivity index (χ2n) is 4.37. The van der Waals surface area contributed by atoms with Gasteiger partial charge in [-0.3, -0.25) is 9.59 Å². The van der Waals surface area contributed by atoms with Gasteiger partial charge in [0.1, 0.15) is 0 Å². The zero-order valence-electron chi connectivity index (χ0n) is 11.9. The molecular weight excluding hydrogens is 276 g/mol. The summed E-state index contributed by atoms with van der Waals surface area (Å²) in [6, 6.07) is 5.72. The normalized spacial score (nSPS) is 11.4. The molecule has 1 aromatic carbocycles. The standard InChI is InChI=1S/C14H18N2O5/c1-9-3-5-10(6-4-9)13(19)15-7-12(18)16-11(8-17)14(20)21-2/h3-6,11,17H,7-8H2,1-2H3,(H,15,19)(H,16,18). The lowest BCUT2D eigenvalue weighted by Crippen LogP contribution is -2.47. The number of benzene rings is 1. The van der Waals surface area contributed by atoms with Gasteiger partial charge in [-0.1, -0.05) is 17.7 Å². The zero-order chi connectivity index (χ0) is 15.8. The highest BCUT2D eigenvalue weighted by molar-refractivity contribution is 5.96. The van der Waals surface area contributed by atoms with E-state index in [0.717, 1.165) is 12.7 Å². The van der Waals surface area contributed by atoms with E-state index in [1.165, 1.54) is 0 Å². The number of methoxy groups -OCH3 is 1. The number of aliphatic hydroxyl groups excluding tert-OH is 1. The summed E-state index contributed by atoms with van der Waals surface area (Å²) >= 11 is 0. The van der Waals surface area contributed by atoms with Crippen LogP contribution in [0.25, 0.3) is 0 Å². The van der Waals surface area contributed by atoms with Crippen molar-refractivity contribution in [2.24, 2.45) is 0 Å². The van der Waals surface area contributed by atoms with Gasteiger partial charge in [-0.05, 0) is 19.1 Å². The molecule has 0 aliphatic heterocycles. The van der Waals surface area contributed by atoms with Crippen LogP contribution in [0.15, 0.2) is 24.3 Å². The summed E-state index contributed by atoms with van der Waals surface area (Å²) < 4.78 is 4.41. The summed E-state index contributed by atoms with van der Waals surface area (Å²) in [6.45, 7) is 1.02. The average molecular weight is 294 g/mol. The average Bonchev–Trinajstić information content (AvgIpc) is 2.50. The molecule has 3 N–H and O–H groups in total. The molecule has 0 aliphatic carbocycles. The number of hydrogen-bond donors (Lipinski definition) is 3. The first-order valence-corrected chi connectivity index (χ1v) is 6.31. The van der Waals surface area contributed by atoms with E-state index >= 15 is 0 Å². The van der Waals surface area contributed by atoms with Crippen molar-refractivity contribution >= 4 is 17.8 Å². The van der Waals surface area contributed by atoms with E-state index < -0.39 is 30.4 Å². The number of nitrogens with one attached hydrogen (secondary N) is 2. The monoisotopic (exact) mass is 294 g/mol. The number of aryl methyl sites for hydroxylation is 1. The molecule has 0 bridgehead atoms. The van der Waals surface area contributed by atoms with Crippen LogP contribution in [-0.4, -0.2) is 49.2 Å². The van der Waals surface area contributed by atoms with Gasteiger partial charge in [0.25, 0.3) is 5.91 Å². The van der Waals surface area contributed by atoms with E-state index in [1.54, 1.807) is 24.3 Å². The third-order valence-electron chi connectivity index (χ3n) is 2.73. The third-order valence-corrected chi connectivity index (χ3v) is 2.73. The van der Waals surface area contributed by atoms with Crippen LogP contribution in [0.1, 0.15) is 15.9 Å². The van der Waals surface area contributed by atoms with Crippen molar-refractivity contribution in [1.29, 1.82) is 0 Å². The zero-order valence-corrected chi connectivity index (χ0v) is 11.9. The number of rotatable bonds is 6. The first-order valence-electron chi connectivity index (χ1n) is 6.31. The van der Waals surface area contributed by atoms with E-state index in [9.17, 15) is 14.4 Å². The maximum atomic E-state index is 11.8. The predicted molar refractivity (Wildman–Crippen MR) is 74.5 cm³/mol. The van der Waals surface area contributed by atoms with Crippen molar-refractivity contribution in [2.45, 2.75) is 13.0 Å². The summed E-state index contributed by atoms with van der Waals surface area (Å²) in [4.78, 5) is 34.5. The molecule has 0 heterocycles. The minimum atomic E-state index is -1.14. The van der Waals surface area contributed by atoms with Gasteiger partial charge in [0.05, 0.1) is 20.3 Å². The Balaban J connectivity index is 2.47. The van der Waals surface area contributed by atoms with Gasteiger partial charge >= 0.3 is 5.97 Å². The van der Waals surface area contributed by atoms with Crippen LogP contribution < -0.4 is 10.6 Å². The fraction of sp³-hybridized carbons (Fsp3) is 0.357. The SMILES string of the molecule is COC(=O)C(CO)NC(=O)CNC(=O)c1ccc(C)cc1. The van der Waals surface area contributed by atoms with Crippen molar-refractivity contribution in [3.05, 3.63) is 35.4 Å². The second kappa shape index (κ2) is 8.01. The van der Waals surface area contributed by atoms with Crippen LogP contribution in [0, 0.1) is 6.92 Å². The maximum absolute atomic E-state index is 11.8. The first kappa shape index (κ1) is 16.6. The van der Waals surface area contributed by atoms with Crippen LogP contribution in [0.4, 0.5) is 0 Å². The molecule has 0 spiro atoms. The second-order valence-corrected chi connectivity index (χ2v) is 4.37. The van der Waals surface area contributed by atoms with E-state index in [4.69, 9.17) is 5.11 Å². The number of carbonyl (C=O) groups is 3. The van der Waals surface area contributed by atoms with Gasteiger partial charge < -0.3 is 20.5 Å². The Bertz CT molecular complexity index is 513. The number of hydrogen-bond acceptors (Lipinski definition) is 5. The molecule has 1 rings (SSSR count). The van der Waals surface area contributed by atoms with Gasteiger partial charge in [0.2, 0.25) is 5.91 Å². The van der Waals surface area contributed by atoms with E-state index in [0.29, 0.717) is 5.56 Å². The molecule has 1 atom stereocenters. The molecule has 0 fully saturated rings. The number of carbonyl (C=O) groups excluding carboxylic acids is 3. The van der Waals surface area contributed by atoms with Gasteiger partial charge in [-0.15, -0.1) is 0 Å². The summed E-state index contributed by atoms with van der Waals surface area (Å²) in [6.07, 6.45) is 0. The fourth-order valence-electron chi connectivity index (χ4n) is 1.53. The summed E-state index contributed by atoms with van der Waals surface area (Å²) in [5.74, 6) is -1.75. The molecule has 0 aromatic heterocycles. The Labute approximate surface area is 122 Å². The van der Waals surface area contributed by atoms with Crippen LogP contribution in [0.5, 0.6) is 0 Å². The quantitative estimate of drug-likeness (QED) is 0.606. The Morgan fingerprint density at radius 3 is 2.38 bits per heavy atom. The first-order chi connectivity index (χ1) is 9.97. The fourth-order valence-corrected chi connectivity index (χ4v) is 1.53. The number of aliphatic hydroxyl groups is 1. The summed E-state index contributed by atoms with van der Waals surface area (Å²) in [5, 5.41) is 13.6. The number of esters is 1. The van der Waals surface area contributed by atoms with Crippen LogP contribution in [0.3, 0.4) is 0 Å². The van der Waals surface area contributed by atoms with Gasteiger partial charge in [-0.25, -0.2) is 4.79 Å². The molecule has 7 nitrogen and oxygen atoms in total. The Morgan fingerprint density at radius 1 is 1.24 bits per heavy atom. The molecule has 0 radical (unpaired) electrons. The van der Waals surface area contributed by atoms with Crippen molar-refractivity contribution < 1.29 is 24.2 Å². The lowest BCUT2D eigenvalue weighted by molar-refractivity contribution is -0.146. The summed E-state index contributed by atoms with van der Waals surface area (Å²) in [5.41, 5.74) is 1.45. The van der Waals surface area contributed by atoms with Crippen molar-refractivity contribution in [3.63, 3.8) is 0 Å². The largest absolute Gasteiger partial charge is 0.467 e. The number of amides is 2. The summed E-state index contributed by atoms with van der Waals surface area (Å²) in [7, 11) is 1.15. The predicted octanol–water partition coefficient (Wildman–Crippen LogP) is -0.625. The van der Waals surface area contributed by atoms with Crippen LogP contribution in [0.2, 0.25) is 0 Å². The molecular formula is C14H18N2O5. The topological polar surface area (TPSA) is 105 Å². The molecule has 0 saturated carbocycles. The third kappa shape index (κ3) is 5.23. The Hall–Kier alpha value is -2.41. The lowest BCUT2D eigenvalue weighted by atomic mass is 10.1. The highest BCUT2D eigenvalue weighted by Crippen LogP contribution is 2.02. The molecule has 0 aliphatic rings. The Morgan fingerprint density at radius 2 is 1.86 bits per heavy atom. The molecule has 114 valence electrons. The number of ether oxygens (including phenoxy) is 1. The van der Waals surface area contributed by atoms with E-state index in [-0.39, 0.29) is 6.54 Å². The van der Waals surface area contributed by atoms with Crippen LogP contribution in [-0.2, 0) is 14.3 Å². The van der Waals surface area contributed by atoms with Crippen molar-refractivity contribution in [1.82, 2.24) is 10.6 Å². The van der Waals surface area contributed by atoms with Crippen molar-refractivity contribution in [3.8, 4) is 0 Å². The molecule has 21 heavy (non-hydrogen) atoms. The van der Waals surface area contributed by atoms with Crippen LogP contribution >= 0.6 is 0 Å². The molecule has 1 unspecified atom stereocenters. The molecule has 0 saturated heterocycles. The van der Waals surface area contributed by atoms with Gasteiger partial charge in [0, 0.05) is 5.56 Å². The lowest BCUT2D eigenvalue weighted by Gasteiger charge is -2.14. The van der Waals surface area contributed by atoms with E-state index in [1.807, 2.05) is 6.92 Å². The highest BCUT2D eigenvalue weighted by Gasteiger charge is 2.20. The minimum absolute atomic E-state index is 0.305. The highest BCUT2D eigenvalue weighted by atomic mass is 16.5. The molecule has 1 aromatic rings. The van der Waals surface area contributed by atoms with Gasteiger partial charge in [-0.2, -0.15) is 0 Å². The van der Waals surface area contributed by atoms with Crippen molar-refractivity contribution in [2.75, 3.05) is 20.3 Å². The Kier molecular flexibility index (Phi) is 6.35. The van der Waals surface area contributed by atoms with E-state index in [2.05, 4.69) is 15.4 Å². The smallest absolute Gasteiger partial charge is 0.330 e. The molecule has 7 heteroatoms. The van der Waals surface area contributed by atoms with Gasteiger partial charge in [0.15, 0.2) is 6.04 Å². The minimum Gasteiger partial charge on any atom is -0.467 e. The molecule has 2 amide bonds. The maximum Gasteiger partial charge on any atom is 0.330 e.